The van der Waals surface area contributed by atoms with E-state index in [9.17, 15) is 0 Å². The van der Waals surface area contributed by atoms with Gasteiger partial charge in [0.25, 0.3) is 0 Å². The van der Waals surface area contributed by atoms with Crippen LogP contribution in [0.15, 0.2) is 0 Å². The molecule has 0 saturated carbocycles. The van der Waals surface area contributed by atoms with Crippen LogP contribution >= 0.6 is 0 Å². The Bertz CT molecular complexity index is 33.6. The van der Waals surface area contributed by atoms with E-state index in [2.05, 4.69) is 0 Å². The summed E-state index contributed by atoms with van der Waals surface area (Å²) in [5.74, 6) is 0. The fourth-order valence-electron chi connectivity index (χ4n) is 0. The second-order valence-electron chi connectivity index (χ2n) is 0. The van der Waals surface area contributed by atoms with Crippen LogP contribution in [0.4, 0.5) is 0 Å². The van der Waals surface area contributed by atoms with Crippen molar-refractivity contribution in [2.45, 2.75) is 0 Å². The molecule has 0 bridgehead atoms. The molecule has 0 N–H and O–H groups in total. The molecule has 0 nitrogen and oxygen atoms in total. The Labute approximate surface area is 250 Å². The normalized spacial score (nSPS) is 0. The Hall–Kier alpha value is 5.05. The molecular weight excluding hydrogens is 910 g/mol. The van der Waals surface area contributed by atoms with Gasteiger partial charge >= 0.3 is 185 Å². The van der Waals surface area contributed by atoms with Crippen LogP contribution in [0, 0.1) is 35.6 Å². The van der Waals surface area contributed by atoms with Crippen LogP contribution in [0.1, 0.15) is 0 Å². The molecule has 0 heterocycles. The molecule has 0 aromatic carbocycles. The molecule has 0 aliphatic carbocycles. The minimum absolute atomic E-state index is 0. The van der Waals surface area contributed by atoms with Gasteiger partial charge in [-0.1, -0.05) is 0 Å². The minimum atomic E-state index is 0. The second-order valence-corrected chi connectivity index (χ2v) is 0. The van der Waals surface area contributed by atoms with Crippen LogP contribution in [0.5, 0.6) is 0 Å². The van der Waals surface area contributed by atoms with Gasteiger partial charge in [0.2, 0.25) is 0 Å². The van der Waals surface area contributed by atoms with Crippen molar-refractivity contribution in [3.8, 4) is 0 Å². The van der Waals surface area contributed by atoms with E-state index in [-0.39, 0.29) is 255 Å². The van der Waals surface area contributed by atoms with Crippen LogP contribution in [0.2, 0.25) is 0 Å². The largest absolute Gasteiger partial charge is 4.00 e. The summed E-state index contributed by atoms with van der Waals surface area (Å²) in [6.45, 7) is 0. The summed E-state index contributed by atoms with van der Waals surface area (Å²) in [5, 5.41) is 0. The van der Waals surface area contributed by atoms with Gasteiger partial charge in [-0.2, -0.15) is 0 Å². The van der Waals surface area contributed by atoms with Gasteiger partial charge in [-0.3, -0.25) is 0 Å². The molecule has 0 spiro atoms. The van der Waals surface area contributed by atoms with Gasteiger partial charge in [-0.05, 0) is 0 Å². The summed E-state index contributed by atoms with van der Waals surface area (Å²) in [7, 11) is 0. The molecule has 0 amide bonds. The van der Waals surface area contributed by atoms with Crippen LogP contribution < -0.4 is 100 Å². The predicted molar refractivity (Wildman–Crippen MR) is 17.3 cm³/mol. The van der Waals surface area contributed by atoms with Gasteiger partial charge in [0.05, 0.1) is 0 Å². The summed E-state index contributed by atoms with van der Waals surface area (Å²) >= 11 is 0. The monoisotopic (exact) mass is 910 g/mol. The molecule has 2 radical (unpaired) electrons. The van der Waals surface area contributed by atoms with Gasteiger partial charge < -0.3 is 70.6 Å². The third kappa shape index (κ3) is 521. The van der Waals surface area contributed by atoms with Crippen molar-refractivity contribution in [3.05, 3.63) is 0 Å². The second kappa shape index (κ2) is 568. The Morgan fingerprint density at radius 3 is 0.333 bits per heavy atom. The third-order valence-corrected chi connectivity index (χ3v) is 0. The quantitative estimate of drug-likeness (QED) is 0.168. The molecule has 0 aromatic heterocycles. The van der Waals surface area contributed by atoms with Gasteiger partial charge in [-0.15, -0.1) is 0 Å². The van der Waals surface area contributed by atoms with Crippen molar-refractivity contribution < 1.29 is 162 Å². The zero-order valence-electron chi connectivity index (χ0n) is 9.53. The van der Waals surface area contributed by atoms with Gasteiger partial charge in [-0.25, -0.2) is 0 Å². The third-order valence-electron chi connectivity index (χ3n) is 0. The summed E-state index contributed by atoms with van der Waals surface area (Å²) in [4.78, 5) is 0. The molecule has 122 valence electrons. The number of hydrogen-bond donors (Lipinski definition) is 0. The first kappa shape index (κ1) is 640. The summed E-state index contributed by atoms with van der Waals surface area (Å²) < 4.78 is 0. The standard InChI is InChI=1S/Al.Ba.15FH.La.Na.Pb.Zr/h;;15*1H;;;;/q+3;+2;;;;;;;;;;;;;;;;+3;+1;+2;+4/p-15. The van der Waals surface area contributed by atoms with Crippen LogP contribution in [-0.2, 0) is 26.2 Å². The zero-order valence-corrected chi connectivity index (χ0v) is 27.1. The smallest absolute Gasteiger partial charge is 1.00 e. The van der Waals surface area contributed by atoms with Crippen molar-refractivity contribution in [3.63, 3.8) is 0 Å². The average Bonchev–Trinajstić information content (AvgIpc) is 0. The molecule has 0 rings (SSSR count). The molecule has 0 aliphatic rings. The zero-order chi connectivity index (χ0) is 0. The van der Waals surface area contributed by atoms with E-state index in [4.69, 9.17) is 0 Å². The molecular formula is AlBaF15LaNaPbZr. The Morgan fingerprint density at radius 2 is 0.333 bits per heavy atom. The average molecular weight is 910 g/mol. The Morgan fingerprint density at radius 1 is 0.333 bits per heavy atom. The van der Waals surface area contributed by atoms with Gasteiger partial charge in [0, 0.05) is 0 Å². The molecule has 21 heavy (non-hydrogen) atoms. The van der Waals surface area contributed by atoms with E-state index in [0.717, 1.165) is 0 Å². The van der Waals surface area contributed by atoms with Gasteiger partial charge in [0.1, 0.15) is 0 Å². The van der Waals surface area contributed by atoms with E-state index < -0.39 is 0 Å². The first-order valence-corrected chi connectivity index (χ1v) is 0. The summed E-state index contributed by atoms with van der Waals surface area (Å²) in [6, 6.07) is 0. The number of rotatable bonds is 0. The minimum Gasteiger partial charge on any atom is -1.00 e. The molecule has 0 aromatic rings. The SMILES string of the molecule is [Al+3].[Ba+2].[F-].[F-].[F-].[F-].[F-].[F-].[F-].[F-].[F-].[F-].[F-].[F-].[F-].[F-].[F-].[La+3].[Na+].[Pb+2].[Zr+4]. The van der Waals surface area contributed by atoms with E-state index in [0.29, 0.717) is 0 Å². The predicted octanol–water partition coefficient (Wildman–Crippen LogP) is -49.1. The maximum Gasteiger partial charge on any atom is 4.00 e. The van der Waals surface area contributed by atoms with Crippen LogP contribution in [0.3, 0.4) is 0 Å². The molecule has 0 aliphatic heterocycles. The first-order chi connectivity index (χ1) is 0. The van der Waals surface area contributed by atoms with Crippen molar-refractivity contribution in [2.24, 2.45) is 0 Å². The molecule has 0 unspecified atom stereocenters. The number of hydrogen-bond acceptors (Lipinski definition) is 0. The number of halogens is 15. The van der Waals surface area contributed by atoms with E-state index in [1.54, 1.807) is 0 Å². The molecule has 0 fully saturated rings. The molecule has 21 heteroatoms. The fraction of sp³-hybridized carbons (Fsp3) is 0. The molecule has 0 atom stereocenters. The van der Waals surface area contributed by atoms with E-state index in [1.807, 2.05) is 0 Å². The first-order valence-electron chi connectivity index (χ1n) is 0. The maximum absolute atomic E-state index is 0. The van der Waals surface area contributed by atoms with Crippen molar-refractivity contribution in [2.75, 3.05) is 0 Å². The Kier molecular flexibility index (Phi) is 17300. The summed E-state index contributed by atoms with van der Waals surface area (Å²) in [6.07, 6.45) is 0. The van der Waals surface area contributed by atoms with Crippen molar-refractivity contribution >= 4 is 93.5 Å². The summed E-state index contributed by atoms with van der Waals surface area (Å²) in [5.41, 5.74) is 0. The maximum atomic E-state index is 0. The van der Waals surface area contributed by atoms with Crippen LogP contribution in [0.25, 0.3) is 0 Å². The fourth-order valence-corrected chi connectivity index (χ4v) is 0. The van der Waals surface area contributed by atoms with Gasteiger partial charge in [0.15, 0.2) is 0 Å². The van der Waals surface area contributed by atoms with E-state index >= 15 is 0 Å². The molecule has 0 saturated heterocycles. The topological polar surface area (TPSA) is 0 Å². The van der Waals surface area contributed by atoms with E-state index in [1.165, 1.54) is 0 Å². The van der Waals surface area contributed by atoms with Crippen LogP contribution in [-0.4, -0.2) is 93.5 Å². The Balaban J connectivity index is 0. The van der Waals surface area contributed by atoms with Crippen molar-refractivity contribution in [1.29, 1.82) is 0 Å². The van der Waals surface area contributed by atoms with Crippen molar-refractivity contribution in [1.82, 2.24) is 0 Å².